The zero-order chi connectivity index (χ0) is 22.8. The van der Waals surface area contributed by atoms with Crippen LogP contribution in [0.4, 0.5) is 4.39 Å². The van der Waals surface area contributed by atoms with Gasteiger partial charge in [0.15, 0.2) is 0 Å². The maximum Gasteiger partial charge on any atom is 0.214 e. The summed E-state index contributed by atoms with van der Waals surface area (Å²) in [5.41, 5.74) is 4.03. The summed E-state index contributed by atoms with van der Waals surface area (Å²) < 4.78 is 26.3. The van der Waals surface area contributed by atoms with E-state index in [1.165, 1.54) is 6.07 Å². The molecule has 162 valence electrons. The van der Waals surface area contributed by atoms with Gasteiger partial charge in [-0.1, -0.05) is 26.0 Å². The number of hydrogen-bond donors (Lipinski definition) is 0. The van der Waals surface area contributed by atoms with Crippen LogP contribution in [0.1, 0.15) is 41.7 Å². The van der Waals surface area contributed by atoms with Gasteiger partial charge >= 0.3 is 0 Å². The van der Waals surface area contributed by atoms with Crippen LogP contribution in [0.3, 0.4) is 0 Å². The average Bonchev–Trinajstić information content (AvgIpc) is 2.77. The van der Waals surface area contributed by atoms with E-state index >= 15 is 0 Å². The van der Waals surface area contributed by atoms with Crippen LogP contribution in [0, 0.1) is 24.1 Å². The molecule has 0 spiro atoms. The van der Waals surface area contributed by atoms with Crippen LogP contribution in [-0.4, -0.2) is 4.98 Å². The smallest absolute Gasteiger partial charge is 0.214 e. The number of halogens is 3. The standard InChI is InChI=1S/C22H17Br2FN2O2.C2H6/c1-14-7-20(25)19(23)9-17(14)11-28-12-18-8-15(10-26)5-6-16(18)13-29-22-4-2-3-21(24)27-22;1-2/h2-9H,11-13H2,1H3;1-2H3. The number of aryl methyl sites for hydroxylation is 1. The topological polar surface area (TPSA) is 55.1 Å². The van der Waals surface area contributed by atoms with E-state index in [2.05, 4.69) is 42.9 Å². The first-order valence-electron chi connectivity index (χ1n) is 9.76. The molecule has 0 saturated carbocycles. The quantitative estimate of drug-likeness (QED) is 0.291. The fraction of sp³-hybridized carbons (Fsp3) is 0.250. The van der Waals surface area contributed by atoms with Gasteiger partial charge in [-0.05, 0) is 91.4 Å². The highest BCUT2D eigenvalue weighted by Crippen LogP contribution is 2.22. The molecule has 7 heteroatoms. The van der Waals surface area contributed by atoms with Gasteiger partial charge in [-0.2, -0.15) is 5.26 Å². The summed E-state index contributed by atoms with van der Waals surface area (Å²) in [7, 11) is 0. The summed E-state index contributed by atoms with van der Waals surface area (Å²) in [6, 6.07) is 16.2. The average molecular weight is 550 g/mol. The summed E-state index contributed by atoms with van der Waals surface area (Å²) in [4.78, 5) is 4.25. The zero-order valence-electron chi connectivity index (χ0n) is 17.6. The summed E-state index contributed by atoms with van der Waals surface area (Å²) in [6.07, 6.45) is 0. The Kier molecular flexibility index (Phi) is 10.1. The largest absolute Gasteiger partial charge is 0.473 e. The van der Waals surface area contributed by atoms with E-state index in [1.807, 2.05) is 39.0 Å². The normalized spacial score (nSPS) is 10.1. The van der Waals surface area contributed by atoms with Crippen LogP contribution >= 0.6 is 31.9 Å². The third-order valence-electron chi connectivity index (χ3n) is 4.29. The lowest BCUT2D eigenvalue weighted by Gasteiger charge is -2.13. The fourth-order valence-corrected chi connectivity index (χ4v) is 3.42. The second-order valence-corrected chi connectivity index (χ2v) is 8.03. The molecule has 0 N–H and O–H groups in total. The van der Waals surface area contributed by atoms with Crippen molar-refractivity contribution in [2.45, 2.75) is 40.6 Å². The van der Waals surface area contributed by atoms with E-state index < -0.39 is 0 Å². The minimum Gasteiger partial charge on any atom is -0.473 e. The van der Waals surface area contributed by atoms with Crippen molar-refractivity contribution in [3.8, 4) is 11.9 Å². The van der Waals surface area contributed by atoms with Gasteiger partial charge < -0.3 is 9.47 Å². The minimum absolute atomic E-state index is 0.298. The molecule has 0 aliphatic rings. The predicted molar refractivity (Wildman–Crippen MR) is 126 cm³/mol. The van der Waals surface area contributed by atoms with Crippen molar-refractivity contribution < 1.29 is 13.9 Å². The second-order valence-electron chi connectivity index (χ2n) is 6.37. The molecule has 3 rings (SSSR count). The van der Waals surface area contributed by atoms with Gasteiger partial charge in [0.25, 0.3) is 0 Å². The van der Waals surface area contributed by atoms with Crippen molar-refractivity contribution in [2.75, 3.05) is 0 Å². The fourth-order valence-electron chi connectivity index (χ4n) is 2.71. The number of benzene rings is 2. The predicted octanol–water partition coefficient (Wildman–Crippen LogP) is 7.25. The Morgan fingerprint density at radius 1 is 0.968 bits per heavy atom. The Hall–Kier alpha value is -2.27. The maximum atomic E-state index is 13.6. The first kappa shape index (κ1) is 25.0. The molecule has 0 fully saturated rings. The molecule has 4 nitrogen and oxygen atoms in total. The van der Waals surface area contributed by atoms with Gasteiger partial charge in [0.2, 0.25) is 5.88 Å². The van der Waals surface area contributed by atoms with Gasteiger partial charge in [0, 0.05) is 6.07 Å². The van der Waals surface area contributed by atoms with E-state index in [-0.39, 0.29) is 5.82 Å². The number of rotatable bonds is 7. The molecular weight excluding hydrogens is 527 g/mol. The van der Waals surface area contributed by atoms with Crippen molar-refractivity contribution in [1.82, 2.24) is 4.98 Å². The number of nitrogens with zero attached hydrogens (tertiary/aromatic N) is 2. The van der Waals surface area contributed by atoms with Crippen molar-refractivity contribution in [3.63, 3.8) is 0 Å². The summed E-state index contributed by atoms with van der Waals surface area (Å²) in [5.74, 6) is 0.205. The number of hydrogen-bond acceptors (Lipinski definition) is 4. The Labute approximate surface area is 199 Å². The highest BCUT2D eigenvalue weighted by molar-refractivity contribution is 9.10. The van der Waals surface area contributed by atoms with E-state index in [0.717, 1.165) is 22.3 Å². The molecule has 1 heterocycles. The Bertz CT molecular complexity index is 1070. The van der Waals surface area contributed by atoms with Crippen LogP contribution in [0.15, 0.2) is 57.6 Å². The van der Waals surface area contributed by atoms with E-state index in [0.29, 0.717) is 40.3 Å². The Morgan fingerprint density at radius 2 is 1.71 bits per heavy atom. The second kappa shape index (κ2) is 12.6. The molecule has 0 atom stereocenters. The summed E-state index contributed by atoms with van der Waals surface area (Å²) in [6.45, 7) is 6.77. The number of nitriles is 1. The zero-order valence-corrected chi connectivity index (χ0v) is 20.8. The molecule has 0 aliphatic carbocycles. The van der Waals surface area contributed by atoms with Crippen molar-refractivity contribution in [3.05, 3.63) is 91.2 Å². The number of ether oxygens (including phenoxy) is 2. The third kappa shape index (κ3) is 7.42. The lowest BCUT2D eigenvalue weighted by atomic mass is 10.1. The summed E-state index contributed by atoms with van der Waals surface area (Å²) >= 11 is 6.52. The van der Waals surface area contributed by atoms with Crippen LogP contribution in [0.2, 0.25) is 0 Å². The molecular formula is C24H23Br2FN2O2. The van der Waals surface area contributed by atoms with Gasteiger partial charge in [-0.3, -0.25) is 0 Å². The lowest BCUT2D eigenvalue weighted by molar-refractivity contribution is 0.105. The SMILES string of the molecule is CC.Cc1cc(F)c(Br)cc1COCc1cc(C#N)ccc1COc1cccc(Br)n1. The highest BCUT2D eigenvalue weighted by atomic mass is 79.9. The van der Waals surface area contributed by atoms with Crippen LogP contribution in [0.25, 0.3) is 0 Å². The molecule has 2 aromatic carbocycles. The van der Waals surface area contributed by atoms with Crippen LogP contribution < -0.4 is 4.74 Å². The highest BCUT2D eigenvalue weighted by Gasteiger charge is 2.09. The van der Waals surface area contributed by atoms with Gasteiger partial charge in [0.05, 0.1) is 29.3 Å². The lowest BCUT2D eigenvalue weighted by Crippen LogP contribution is -2.04. The Balaban J connectivity index is 0.00000166. The van der Waals surface area contributed by atoms with Crippen molar-refractivity contribution >= 4 is 31.9 Å². The number of aromatic nitrogens is 1. The third-order valence-corrected chi connectivity index (χ3v) is 5.34. The van der Waals surface area contributed by atoms with E-state index in [1.54, 1.807) is 24.3 Å². The minimum atomic E-state index is -0.298. The van der Waals surface area contributed by atoms with E-state index in [4.69, 9.17) is 9.47 Å². The first-order chi connectivity index (χ1) is 15.0. The molecule has 0 unspecified atom stereocenters. The van der Waals surface area contributed by atoms with Crippen LogP contribution in [0.5, 0.6) is 5.88 Å². The van der Waals surface area contributed by atoms with E-state index in [9.17, 15) is 9.65 Å². The molecule has 0 radical (unpaired) electrons. The molecule has 0 saturated heterocycles. The summed E-state index contributed by atoms with van der Waals surface area (Å²) in [5, 5.41) is 9.21. The molecule has 1 aromatic heterocycles. The molecule has 31 heavy (non-hydrogen) atoms. The Morgan fingerprint density at radius 3 is 2.42 bits per heavy atom. The van der Waals surface area contributed by atoms with Crippen LogP contribution in [-0.2, 0) is 24.6 Å². The van der Waals surface area contributed by atoms with Crippen molar-refractivity contribution in [2.24, 2.45) is 0 Å². The molecule has 3 aromatic rings. The first-order valence-corrected chi connectivity index (χ1v) is 11.3. The maximum absolute atomic E-state index is 13.6. The molecule has 0 aliphatic heterocycles. The number of pyridine rings is 1. The van der Waals surface area contributed by atoms with Gasteiger partial charge in [-0.25, -0.2) is 9.37 Å². The molecule has 0 bridgehead atoms. The van der Waals surface area contributed by atoms with Gasteiger partial charge in [-0.15, -0.1) is 0 Å². The van der Waals surface area contributed by atoms with Gasteiger partial charge in [0.1, 0.15) is 17.0 Å². The monoisotopic (exact) mass is 548 g/mol. The van der Waals surface area contributed by atoms with Crippen molar-refractivity contribution in [1.29, 1.82) is 5.26 Å². The molecule has 0 amide bonds.